The van der Waals surface area contributed by atoms with Gasteiger partial charge in [-0.15, -0.1) is 10.2 Å². The van der Waals surface area contributed by atoms with Gasteiger partial charge < -0.3 is 4.57 Å². The highest BCUT2D eigenvalue weighted by Gasteiger charge is 2.46. The molecule has 2 aliphatic rings. The zero-order valence-electron chi connectivity index (χ0n) is 19.1. The number of hydrogen-bond acceptors (Lipinski definition) is 4. The lowest BCUT2D eigenvalue weighted by atomic mass is 10.0. The topological polar surface area (TPSA) is 68.3 Å². The number of nitrogens with zero attached hydrogens (tertiary/aromatic N) is 6. The van der Waals surface area contributed by atoms with Crippen molar-refractivity contribution >= 4 is 28.8 Å². The van der Waals surface area contributed by atoms with Crippen molar-refractivity contribution in [2.75, 3.05) is 4.90 Å². The van der Waals surface area contributed by atoms with E-state index in [-0.39, 0.29) is 18.0 Å². The van der Waals surface area contributed by atoms with Gasteiger partial charge in [-0.3, -0.25) is 14.1 Å². The fourth-order valence-corrected chi connectivity index (χ4v) is 5.13. The van der Waals surface area contributed by atoms with Crippen molar-refractivity contribution in [1.82, 2.24) is 24.1 Å². The van der Waals surface area contributed by atoms with Gasteiger partial charge in [-0.1, -0.05) is 23.7 Å². The van der Waals surface area contributed by atoms with Crippen LogP contribution in [-0.4, -0.2) is 30.1 Å². The molecule has 3 aromatic heterocycles. The van der Waals surface area contributed by atoms with Crippen LogP contribution in [-0.2, 0) is 0 Å². The number of pyridine rings is 1. The lowest BCUT2D eigenvalue weighted by molar-refractivity contribution is 0.0989. The Labute approximate surface area is 197 Å². The molecule has 1 saturated carbocycles. The quantitative estimate of drug-likeness (QED) is 0.408. The van der Waals surface area contributed by atoms with Gasteiger partial charge >= 0.3 is 0 Å². The first kappa shape index (κ1) is 20.4. The van der Waals surface area contributed by atoms with Crippen LogP contribution < -0.4 is 4.90 Å². The highest BCUT2D eigenvalue weighted by atomic mass is 35.5. The van der Waals surface area contributed by atoms with Gasteiger partial charge in [0.15, 0.2) is 11.3 Å². The van der Waals surface area contributed by atoms with E-state index in [4.69, 9.17) is 16.6 Å². The third kappa shape index (κ3) is 3.02. The van der Waals surface area contributed by atoms with Gasteiger partial charge in [-0.25, -0.2) is 4.98 Å². The van der Waals surface area contributed by atoms with Crippen LogP contribution in [0, 0.1) is 13.8 Å². The number of rotatable bonds is 4. The van der Waals surface area contributed by atoms with Gasteiger partial charge in [0.2, 0.25) is 0 Å². The van der Waals surface area contributed by atoms with Crippen molar-refractivity contribution in [2.45, 2.75) is 58.5 Å². The molecule has 1 fully saturated rings. The third-order valence-electron chi connectivity index (χ3n) is 6.68. The number of hydrogen-bond donors (Lipinski definition) is 0. The Morgan fingerprint density at radius 1 is 1.09 bits per heavy atom. The molecule has 0 bridgehead atoms. The Morgan fingerprint density at radius 3 is 2.48 bits per heavy atom. The molecule has 0 radical (unpaired) electrons. The second kappa shape index (κ2) is 7.15. The molecule has 33 heavy (non-hydrogen) atoms. The maximum atomic E-state index is 13.9. The number of aromatic nitrogens is 5. The average molecular weight is 461 g/mol. The molecule has 0 N–H and O–H groups in total. The molecule has 6 rings (SSSR count). The number of halogens is 1. The fourth-order valence-electron chi connectivity index (χ4n) is 5.01. The fraction of sp³-hybridized carbons (Fsp3) is 0.360. The van der Waals surface area contributed by atoms with E-state index in [0.717, 1.165) is 52.6 Å². The summed E-state index contributed by atoms with van der Waals surface area (Å²) < 4.78 is 4.24. The molecule has 1 atom stereocenters. The van der Waals surface area contributed by atoms with Crippen LogP contribution in [0.15, 0.2) is 36.5 Å². The summed E-state index contributed by atoms with van der Waals surface area (Å²) in [6.07, 6.45) is 4.22. The standard InChI is InChI=1S/C25H25ClN6O/c1-13(2)31-22-20(27-24(31)17-5-6-17)25(33)32(21(22)16-7-9-18(26)10-8-16)19-11-14(3)23-29-28-15(4)30(23)12-19/h7-13,17,21H,5-6H2,1-4H3. The van der Waals surface area contributed by atoms with Crippen molar-refractivity contribution in [3.63, 3.8) is 0 Å². The first-order valence-corrected chi connectivity index (χ1v) is 11.8. The third-order valence-corrected chi connectivity index (χ3v) is 6.93. The second-order valence-corrected chi connectivity index (χ2v) is 9.83. The van der Waals surface area contributed by atoms with Crippen molar-refractivity contribution in [3.05, 3.63) is 75.7 Å². The number of carbonyl (C=O) groups excluding carboxylic acids is 1. The van der Waals surface area contributed by atoms with Crippen LogP contribution in [0.3, 0.4) is 0 Å². The van der Waals surface area contributed by atoms with Crippen molar-refractivity contribution < 1.29 is 4.79 Å². The maximum absolute atomic E-state index is 13.9. The SMILES string of the molecule is Cc1cc(N2C(=O)c3nc(C4CC4)n(C(C)C)c3C2c2ccc(Cl)cc2)cn2c(C)nnc12. The van der Waals surface area contributed by atoms with E-state index in [9.17, 15) is 4.79 Å². The van der Waals surface area contributed by atoms with Gasteiger partial charge in [0, 0.05) is 23.2 Å². The number of fused-ring (bicyclic) bond motifs is 2. The number of imidazole rings is 1. The van der Waals surface area contributed by atoms with Crippen LogP contribution in [0.25, 0.3) is 5.65 Å². The highest BCUT2D eigenvalue weighted by molar-refractivity contribution is 6.30. The minimum Gasteiger partial charge on any atom is -0.326 e. The first-order valence-electron chi connectivity index (χ1n) is 11.4. The van der Waals surface area contributed by atoms with E-state index in [1.54, 1.807) is 0 Å². The molecule has 8 heteroatoms. The molecule has 0 saturated heterocycles. The molecule has 1 amide bonds. The molecule has 168 valence electrons. The highest BCUT2D eigenvalue weighted by Crippen LogP contribution is 2.48. The minimum absolute atomic E-state index is 0.0734. The number of benzene rings is 1. The van der Waals surface area contributed by atoms with Crippen LogP contribution in [0.1, 0.15) is 83.6 Å². The van der Waals surface area contributed by atoms with E-state index < -0.39 is 0 Å². The first-order chi connectivity index (χ1) is 15.8. The molecule has 4 heterocycles. The van der Waals surface area contributed by atoms with Gasteiger partial charge in [0.25, 0.3) is 5.91 Å². The molecule has 7 nitrogen and oxygen atoms in total. The Balaban J connectivity index is 1.60. The van der Waals surface area contributed by atoms with E-state index in [0.29, 0.717) is 16.6 Å². The Kier molecular flexibility index (Phi) is 4.43. The predicted molar refractivity (Wildman–Crippen MR) is 127 cm³/mol. The molecule has 1 unspecified atom stereocenters. The summed E-state index contributed by atoms with van der Waals surface area (Å²) in [6, 6.07) is 9.70. The molecule has 1 aliphatic carbocycles. The van der Waals surface area contributed by atoms with Crippen LogP contribution in [0.4, 0.5) is 5.69 Å². The number of amides is 1. The van der Waals surface area contributed by atoms with Crippen molar-refractivity contribution in [2.24, 2.45) is 0 Å². The Bertz CT molecular complexity index is 1410. The Morgan fingerprint density at radius 2 is 1.82 bits per heavy atom. The summed E-state index contributed by atoms with van der Waals surface area (Å²) in [6.45, 7) is 8.24. The average Bonchev–Trinajstić information content (AvgIpc) is 3.36. The summed E-state index contributed by atoms with van der Waals surface area (Å²) in [5.74, 6) is 2.20. The molecular weight excluding hydrogens is 436 g/mol. The van der Waals surface area contributed by atoms with E-state index >= 15 is 0 Å². The minimum atomic E-state index is -0.291. The van der Waals surface area contributed by atoms with E-state index in [1.165, 1.54) is 0 Å². The molecule has 4 aromatic rings. The lowest BCUT2D eigenvalue weighted by Gasteiger charge is -2.29. The van der Waals surface area contributed by atoms with Gasteiger partial charge in [0.1, 0.15) is 17.7 Å². The normalized spacial score (nSPS) is 18.1. The summed E-state index contributed by atoms with van der Waals surface area (Å²) >= 11 is 6.21. The molecule has 0 spiro atoms. The van der Waals surface area contributed by atoms with Crippen LogP contribution >= 0.6 is 11.6 Å². The summed E-state index contributed by atoms with van der Waals surface area (Å²) in [4.78, 5) is 20.7. The number of aryl methyl sites for hydroxylation is 2. The molecule has 1 aliphatic heterocycles. The summed E-state index contributed by atoms with van der Waals surface area (Å²) in [7, 11) is 0. The van der Waals surface area contributed by atoms with Gasteiger partial charge in [0.05, 0.1) is 11.4 Å². The second-order valence-electron chi connectivity index (χ2n) is 9.39. The maximum Gasteiger partial charge on any atom is 0.279 e. The molecule has 1 aromatic carbocycles. The van der Waals surface area contributed by atoms with Gasteiger partial charge in [-0.2, -0.15) is 0 Å². The molecular formula is C25H25ClN6O. The summed E-state index contributed by atoms with van der Waals surface area (Å²) in [5.41, 5.74) is 5.10. The zero-order valence-corrected chi connectivity index (χ0v) is 19.8. The summed E-state index contributed by atoms with van der Waals surface area (Å²) in [5, 5.41) is 9.16. The van der Waals surface area contributed by atoms with Gasteiger partial charge in [-0.05, 0) is 69.9 Å². The van der Waals surface area contributed by atoms with E-state index in [2.05, 4.69) is 28.6 Å². The smallest absolute Gasteiger partial charge is 0.279 e. The lowest BCUT2D eigenvalue weighted by Crippen LogP contribution is -2.31. The predicted octanol–water partition coefficient (Wildman–Crippen LogP) is 5.40. The van der Waals surface area contributed by atoms with Crippen LogP contribution in [0.2, 0.25) is 5.02 Å². The van der Waals surface area contributed by atoms with Crippen LogP contribution in [0.5, 0.6) is 0 Å². The Hall–Kier alpha value is -3.19. The largest absolute Gasteiger partial charge is 0.326 e. The number of carbonyl (C=O) groups is 1. The van der Waals surface area contributed by atoms with Crippen molar-refractivity contribution in [1.29, 1.82) is 0 Å². The zero-order chi connectivity index (χ0) is 23.0. The van der Waals surface area contributed by atoms with E-state index in [1.807, 2.05) is 59.7 Å². The van der Waals surface area contributed by atoms with Crippen molar-refractivity contribution in [3.8, 4) is 0 Å². The number of anilines is 1. The monoisotopic (exact) mass is 460 g/mol.